The smallest absolute Gasteiger partial charge is 0.109 e. The van der Waals surface area contributed by atoms with Crippen molar-refractivity contribution in [3.05, 3.63) is 0 Å². The highest BCUT2D eigenvalue weighted by atomic mass is 16.5. The van der Waals surface area contributed by atoms with Crippen molar-refractivity contribution in [3.8, 4) is 0 Å². The minimum absolute atomic E-state index is 0.0799. The van der Waals surface area contributed by atoms with Crippen LogP contribution in [0.4, 0.5) is 0 Å². The second kappa shape index (κ2) is 6.50. The number of nitrogens with zero attached hydrogens (tertiary/aromatic N) is 1. The summed E-state index contributed by atoms with van der Waals surface area (Å²) in [6.07, 6.45) is 5.77. The Morgan fingerprint density at radius 1 is 1.19 bits per heavy atom. The second-order valence-electron chi connectivity index (χ2n) is 6.86. The van der Waals surface area contributed by atoms with Gasteiger partial charge in [-0.25, -0.2) is 0 Å². The molecule has 1 N–H and O–H groups in total. The molecule has 3 aliphatic rings. The van der Waals surface area contributed by atoms with Gasteiger partial charge in [0.25, 0.3) is 0 Å². The molecule has 0 aromatic heterocycles. The maximum Gasteiger partial charge on any atom is 0.109 e. The number of methoxy groups -OCH3 is 2. The van der Waals surface area contributed by atoms with Crippen LogP contribution in [0.25, 0.3) is 0 Å². The molecule has 0 unspecified atom stereocenters. The van der Waals surface area contributed by atoms with Crippen molar-refractivity contribution in [3.63, 3.8) is 0 Å². The quantitative estimate of drug-likeness (QED) is 0.841. The third-order valence-electron chi connectivity index (χ3n) is 5.63. The van der Waals surface area contributed by atoms with Crippen molar-refractivity contribution in [2.24, 2.45) is 5.92 Å². The van der Waals surface area contributed by atoms with Crippen LogP contribution in [0.2, 0.25) is 0 Å². The van der Waals surface area contributed by atoms with Gasteiger partial charge in [-0.3, -0.25) is 4.90 Å². The zero-order chi connectivity index (χ0) is 14.9. The highest BCUT2D eigenvalue weighted by Gasteiger charge is 2.59. The van der Waals surface area contributed by atoms with Crippen LogP contribution >= 0.6 is 0 Å². The minimum Gasteiger partial charge on any atom is -0.385 e. The van der Waals surface area contributed by atoms with Gasteiger partial charge in [0.15, 0.2) is 0 Å². The molecule has 21 heavy (non-hydrogen) atoms. The number of ether oxygens (including phenoxy) is 3. The Labute approximate surface area is 127 Å². The summed E-state index contributed by atoms with van der Waals surface area (Å²) in [7, 11) is 3.48. The first-order chi connectivity index (χ1) is 10.2. The summed E-state index contributed by atoms with van der Waals surface area (Å²) in [5.41, 5.74) is -0.762. The van der Waals surface area contributed by atoms with E-state index in [0.29, 0.717) is 13.2 Å². The fraction of sp³-hybridized carbons (Fsp3) is 1.00. The van der Waals surface area contributed by atoms with Crippen LogP contribution in [0.3, 0.4) is 0 Å². The van der Waals surface area contributed by atoms with Gasteiger partial charge in [-0.05, 0) is 44.7 Å². The predicted molar refractivity (Wildman–Crippen MR) is 79.3 cm³/mol. The number of fused-ring (bicyclic) bond motifs is 1. The van der Waals surface area contributed by atoms with Crippen molar-refractivity contribution in [1.82, 2.24) is 4.90 Å². The lowest BCUT2D eigenvalue weighted by molar-refractivity contribution is -0.181. The lowest BCUT2D eigenvalue weighted by Gasteiger charge is -2.46. The first-order valence-corrected chi connectivity index (χ1v) is 8.28. The van der Waals surface area contributed by atoms with Gasteiger partial charge >= 0.3 is 0 Å². The molecule has 122 valence electrons. The average molecular weight is 299 g/mol. The minimum atomic E-state index is -0.762. The Hall–Kier alpha value is -0.200. The van der Waals surface area contributed by atoms with Crippen molar-refractivity contribution in [2.45, 2.75) is 56.0 Å². The standard InChI is InChI=1S/C16H29NO4/c1-19-10-13-8-12-9-14(20-2)15(16(12,18)11-21-13)17-6-4-3-5-7-17/h12-15,18H,3-11H2,1-2H3/t12-,13+,14+,15-,16-/m0/s1. The van der Waals surface area contributed by atoms with Crippen molar-refractivity contribution < 1.29 is 19.3 Å². The number of likely N-dealkylation sites (tertiary alicyclic amines) is 1. The molecule has 5 atom stereocenters. The van der Waals surface area contributed by atoms with Gasteiger partial charge in [0.2, 0.25) is 0 Å². The zero-order valence-electron chi connectivity index (χ0n) is 13.3. The molecule has 0 radical (unpaired) electrons. The zero-order valence-corrected chi connectivity index (χ0v) is 13.3. The number of piperidine rings is 1. The molecule has 1 aliphatic carbocycles. The predicted octanol–water partition coefficient (Wildman–Crippen LogP) is 1.04. The van der Waals surface area contributed by atoms with E-state index in [1.54, 1.807) is 14.2 Å². The van der Waals surface area contributed by atoms with Gasteiger partial charge in [0, 0.05) is 14.2 Å². The summed E-state index contributed by atoms with van der Waals surface area (Å²) in [5.74, 6) is 0.253. The van der Waals surface area contributed by atoms with Crippen molar-refractivity contribution >= 4 is 0 Å². The molecule has 2 saturated heterocycles. The van der Waals surface area contributed by atoms with E-state index < -0.39 is 5.60 Å². The van der Waals surface area contributed by atoms with Gasteiger partial charge in [0.1, 0.15) is 5.60 Å². The van der Waals surface area contributed by atoms with E-state index >= 15 is 0 Å². The Balaban J connectivity index is 1.76. The van der Waals surface area contributed by atoms with Crippen LogP contribution in [-0.2, 0) is 14.2 Å². The van der Waals surface area contributed by atoms with Crippen LogP contribution < -0.4 is 0 Å². The Bertz CT molecular complexity index is 347. The fourth-order valence-electron chi connectivity index (χ4n) is 4.59. The summed E-state index contributed by atoms with van der Waals surface area (Å²) in [6.45, 7) is 3.16. The maximum atomic E-state index is 11.3. The van der Waals surface area contributed by atoms with Gasteiger partial charge < -0.3 is 19.3 Å². The first kappa shape index (κ1) is 15.7. The van der Waals surface area contributed by atoms with Gasteiger partial charge in [-0.15, -0.1) is 0 Å². The van der Waals surface area contributed by atoms with Crippen LogP contribution in [0.5, 0.6) is 0 Å². The third-order valence-corrected chi connectivity index (χ3v) is 5.63. The van der Waals surface area contributed by atoms with E-state index in [2.05, 4.69) is 4.90 Å². The molecule has 3 rings (SSSR count). The first-order valence-electron chi connectivity index (χ1n) is 8.28. The molecule has 0 amide bonds. The van der Waals surface area contributed by atoms with Crippen LogP contribution in [-0.4, -0.2) is 74.4 Å². The fourth-order valence-corrected chi connectivity index (χ4v) is 4.59. The average Bonchev–Trinajstić information content (AvgIpc) is 2.80. The maximum absolute atomic E-state index is 11.3. The van der Waals surface area contributed by atoms with E-state index in [1.807, 2.05) is 0 Å². The van der Waals surface area contributed by atoms with Crippen molar-refractivity contribution in [1.29, 1.82) is 0 Å². The van der Waals surface area contributed by atoms with E-state index in [4.69, 9.17) is 14.2 Å². The Morgan fingerprint density at radius 2 is 1.95 bits per heavy atom. The van der Waals surface area contributed by atoms with Gasteiger partial charge in [-0.1, -0.05) is 6.42 Å². The molecule has 0 spiro atoms. The van der Waals surface area contributed by atoms with E-state index in [0.717, 1.165) is 25.9 Å². The number of hydrogen-bond donors (Lipinski definition) is 1. The second-order valence-corrected chi connectivity index (χ2v) is 6.86. The summed E-state index contributed by atoms with van der Waals surface area (Å²) < 4.78 is 16.8. The number of rotatable bonds is 4. The Morgan fingerprint density at radius 3 is 2.62 bits per heavy atom. The molecule has 0 aromatic rings. The molecular formula is C16H29NO4. The summed E-state index contributed by atoms with van der Waals surface area (Å²) >= 11 is 0. The number of hydrogen-bond acceptors (Lipinski definition) is 5. The lowest BCUT2D eigenvalue weighted by Crippen LogP contribution is -2.61. The molecule has 3 fully saturated rings. The SMILES string of the molecule is COC[C@H]1C[C@H]2C[C@@H](OC)[C@H](N3CCCCC3)[C@]2(O)CO1. The van der Waals surface area contributed by atoms with Crippen LogP contribution in [0, 0.1) is 5.92 Å². The van der Waals surface area contributed by atoms with E-state index in [-0.39, 0.29) is 24.2 Å². The highest BCUT2D eigenvalue weighted by Crippen LogP contribution is 2.46. The van der Waals surface area contributed by atoms with E-state index in [9.17, 15) is 5.11 Å². The summed E-state index contributed by atoms with van der Waals surface area (Å²) in [4.78, 5) is 2.44. The highest BCUT2D eigenvalue weighted by molar-refractivity contribution is 5.11. The molecule has 5 nitrogen and oxygen atoms in total. The summed E-state index contributed by atoms with van der Waals surface area (Å²) in [6, 6.07) is 0.0799. The van der Waals surface area contributed by atoms with Crippen molar-refractivity contribution in [2.75, 3.05) is 40.5 Å². The molecule has 0 bridgehead atoms. The Kier molecular flexibility index (Phi) is 4.86. The lowest BCUT2D eigenvalue weighted by atomic mass is 9.82. The van der Waals surface area contributed by atoms with Gasteiger partial charge in [0.05, 0.1) is 31.5 Å². The normalized spacial score (nSPS) is 44.7. The van der Waals surface area contributed by atoms with Crippen LogP contribution in [0.15, 0.2) is 0 Å². The van der Waals surface area contributed by atoms with E-state index in [1.165, 1.54) is 19.3 Å². The molecular weight excluding hydrogens is 270 g/mol. The molecule has 0 aromatic carbocycles. The molecule has 2 heterocycles. The number of aliphatic hydroxyl groups is 1. The van der Waals surface area contributed by atoms with Gasteiger partial charge in [-0.2, -0.15) is 0 Å². The molecule has 5 heteroatoms. The van der Waals surface area contributed by atoms with Crippen LogP contribution in [0.1, 0.15) is 32.1 Å². The topological polar surface area (TPSA) is 51.2 Å². The summed E-state index contributed by atoms with van der Waals surface area (Å²) in [5, 5.41) is 11.3. The monoisotopic (exact) mass is 299 g/mol. The third kappa shape index (κ3) is 2.86. The largest absolute Gasteiger partial charge is 0.385 e. The molecule has 2 aliphatic heterocycles. The molecule has 1 saturated carbocycles.